The number of likely N-dealkylation sites (tertiary alicyclic amines) is 3. The van der Waals surface area contributed by atoms with Gasteiger partial charge in [-0.1, -0.05) is 24.6 Å². The van der Waals surface area contributed by atoms with Gasteiger partial charge in [0.05, 0.1) is 64.9 Å². The van der Waals surface area contributed by atoms with Crippen LogP contribution in [0.5, 0.6) is 0 Å². The average Bonchev–Trinajstić information content (AvgIpc) is 1.63. The minimum atomic E-state index is -2.62. The van der Waals surface area contributed by atoms with E-state index in [1.807, 2.05) is 122 Å². The van der Waals surface area contributed by atoms with Crippen molar-refractivity contribution < 1.29 is 28.3 Å². The van der Waals surface area contributed by atoms with Crippen LogP contribution in [0.1, 0.15) is 125 Å². The average molecular weight is 1480 g/mol. The second kappa shape index (κ2) is 33.1. The second-order valence-electron chi connectivity index (χ2n) is 29.6. The lowest BCUT2D eigenvalue weighted by atomic mass is 10.0. The van der Waals surface area contributed by atoms with Gasteiger partial charge in [0.15, 0.2) is 17.1 Å². The molecule has 6 aliphatic rings. The van der Waals surface area contributed by atoms with E-state index in [2.05, 4.69) is 113 Å². The van der Waals surface area contributed by atoms with E-state index in [0.717, 1.165) is 181 Å². The number of carbonyl (C=O) groups is 3. The summed E-state index contributed by atoms with van der Waals surface area (Å²) in [5, 5.41) is 42.5. The van der Waals surface area contributed by atoms with Crippen molar-refractivity contribution in [2.45, 2.75) is 109 Å². The zero-order chi connectivity index (χ0) is 74.9. The number of alkyl halides is 2. The van der Waals surface area contributed by atoms with Crippen LogP contribution in [0.15, 0.2) is 165 Å². The highest BCUT2D eigenvalue weighted by atomic mass is 19.3. The predicted molar refractivity (Wildman–Crippen MR) is 423 cm³/mol. The molecule has 15 heterocycles. The molecule has 18 rings (SSSR count). The van der Waals surface area contributed by atoms with E-state index >= 15 is 0 Å². The molecule has 7 N–H and O–H groups in total. The molecule has 0 atom stereocenters. The fourth-order valence-corrected chi connectivity index (χ4v) is 15.6. The van der Waals surface area contributed by atoms with E-state index in [4.69, 9.17) is 0 Å². The Morgan fingerprint density at radius 3 is 1.07 bits per heavy atom. The van der Waals surface area contributed by atoms with Crippen molar-refractivity contribution in [2.24, 2.45) is 0 Å². The fraction of sp³-hybridized carbons (Fsp3) is 0.349. The molecule has 6 aliphatic heterocycles. The van der Waals surface area contributed by atoms with Crippen LogP contribution in [0.4, 0.5) is 43.3 Å². The quantitative estimate of drug-likeness (QED) is 0.0420. The number of amides is 3. The first kappa shape index (κ1) is 72.7. The summed E-state index contributed by atoms with van der Waals surface area (Å²) in [4.78, 5) is 79.5. The van der Waals surface area contributed by atoms with Gasteiger partial charge in [0.25, 0.3) is 23.6 Å². The first-order valence-corrected chi connectivity index (χ1v) is 38.4. The van der Waals surface area contributed by atoms with E-state index in [1.165, 1.54) is 63.4 Å². The second-order valence-corrected chi connectivity index (χ2v) is 29.6. The summed E-state index contributed by atoms with van der Waals surface area (Å²) in [5.41, 5.74) is 14.2. The van der Waals surface area contributed by atoms with E-state index in [1.54, 1.807) is 35.9 Å². The lowest BCUT2D eigenvalue weighted by molar-refractivity contribution is 0.0115. The van der Waals surface area contributed by atoms with Crippen molar-refractivity contribution in [3.05, 3.63) is 199 Å². The summed E-state index contributed by atoms with van der Waals surface area (Å²) in [5.74, 6) is -0.680. The van der Waals surface area contributed by atoms with Crippen LogP contribution in [0, 0.1) is 0 Å². The number of nitrogens with zero attached hydrogens (tertiary/aromatic N) is 15. The van der Waals surface area contributed by atoms with Crippen LogP contribution in [0.2, 0.25) is 0 Å². The summed E-state index contributed by atoms with van der Waals surface area (Å²) in [6, 6.07) is 35.5. The van der Waals surface area contributed by atoms with Crippen molar-refractivity contribution in [2.75, 3.05) is 109 Å². The number of aromatic amines is 3. The zero-order valence-electron chi connectivity index (χ0n) is 61.4. The Bertz CT molecular complexity index is 5200. The summed E-state index contributed by atoms with van der Waals surface area (Å²) in [6.07, 6.45) is 28.4. The molecular formula is C83H89F2N21O4. The van der Waals surface area contributed by atoms with Gasteiger partial charge in [0.2, 0.25) is 0 Å². The van der Waals surface area contributed by atoms with Gasteiger partial charge >= 0.3 is 0 Å². The molecule has 564 valence electrons. The first-order chi connectivity index (χ1) is 53.8. The molecule has 110 heavy (non-hydrogen) atoms. The maximum absolute atomic E-state index is 13.6. The van der Waals surface area contributed by atoms with E-state index in [0.29, 0.717) is 46.9 Å². The van der Waals surface area contributed by atoms with E-state index in [9.17, 15) is 28.3 Å². The molecule has 0 unspecified atom stereocenters. The van der Waals surface area contributed by atoms with Gasteiger partial charge in [0, 0.05) is 155 Å². The van der Waals surface area contributed by atoms with Crippen molar-refractivity contribution in [3.63, 3.8) is 0 Å². The van der Waals surface area contributed by atoms with Crippen LogP contribution in [-0.4, -0.2) is 189 Å². The number of carbonyl (C=O) groups excluding carboxylic acids is 3. The number of nitrogens with one attached hydrogen (secondary N) is 6. The number of aromatic nitrogens is 12. The highest BCUT2D eigenvalue weighted by molar-refractivity contribution is 6.13. The number of aliphatic hydroxyl groups is 1. The van der Waals surface area contributed by atoms with E-state index < -0.39 is 5.92 Å². The Morgan fingerprint density at radius 1 is 0.391 bits per heavy atom. The van der Waals surface area contributed by atoms with Gasteiger partial charge in [-0.15, -0.1) is 0 Å². The van der Waals surface area contributed by atoms with Gasteiger partial charge in [-0.25, -0.2) is 23.7 Å². The summed E-state index contributed by atoms with van der Waals surface area (Å²) in [7, 11) is 0. The lowest BCUT2D eigenvalue weighted by Crippen LogP contribution is -2.35. The number of hydrogen-bond donors (Lipinski definition) is 7. The molecule has 0 aliphatic carbocycles. The SMILES string of the molecule is O=C(Nc1ccc(N2CCCC2)nc1)c1n[nH]c2ccc(-c3cncc(CN4CCC(F)(F)C4)c3)cc12.O=C(Nc1ccc(N2CCCC2)nc1)c1n[nH]c2ccc(-c3cncc(CN4CCC(O)CC4)c3)cc12.O=C(Nc1ccc(N2CCCC2)nc1)c1n[nH]c2ccc(-c3cncc(CN4CCCCC4)c3)cc12. The number of benzene rings is 3. The van der Waals surface area contributed by atoms with Gasteiger partial charge in [0.1, 0.15) is 17.5 Å². The lowest BCUT2D eigenvalue weighted by Gasteiger charge is -2.29. The van der Waals surface area contributed by atoms with Crippen LogP contribution in [0.25, 0.3) is 66.1 Å². The Balaban J connectivity index is 0.000000125. The maximum atomic E-state index is 13.6. The first-order valence-electron chi connectivity index (χ1n) is 38.4. The third kappa shape index (κ3) is 17.5. The highest BCUT2D eigenvalue weighted by Gasteiger charge is 2.38. The minimum absolute atomic E-state index is 0.110. The predicted octanol–water partition coefficient (Wildman–Crippen LogP) is 13.4. The Labute approximate surface area is 635 Å². The number of halogens is 2. The standard InChI is InChI=1S/C28H31N7O2.C28H31N7O.C27H27F2N7O/c36-23-7-11-34(12-8-23)18-19-13-21(16-29-15-19)20-3-5-25-24(14-20)27(33-32-25)28(37)31-22-4-6-26(30-17-22)35-9-1-2-10-35;36-28(31-23-7-9-26(30-18-23)35-12-4-5-13-35)27-24-15-21(6-8-25(24)32-33-27)22-14-20(16-29-17-22)19-34-10-2-1-3-11-34;28-27(29)7-10-35(17-27)16-18-11-20(14-30-13-18)19-3-5-23-22(12-19)25(34-33-23)26(37)32-21-4-6-24(31-15-21)36-8-1-2-9-36/h3-6,13-17,23,36H,1-2,7-12,18H2,(H,31,37)(H,32,33);6-9,14-18H,1-5,10-13,19H2,(H,31,36)(H,32,33);3-6,11-15H,1-2,7-10,16-17H2,(H,32,37)(H,33,34). The number of hydrogen-bond acceptors (Lipinski definition) is 19. The van der Waals surface area contributed by atoms with Crippen molar-refractivity contribution in [3.8, 4) is 33.4 Å². The number of H-pyrrole nitrogens is 3. The molecule has 12 aromatic rings. The molecule has 27 heteroatoms. The minimum Gasteiger partial charge on any atom is -0.393 e. The van der Waals surface area contributed by atoms with Gasteiger partial charge in [-0.3, -0.25) is 59.3 Å². The molecule has 0 spiro atoms. The Kier molecular flexibility index (Phi) is 21.9. The fourth-order valence-electron chi connectivity index (χ4n) is 15.6. The number of anilines is 6. The third-order valence-electron chi connectivity index (χ3n) is 21.5. The largest absolute Gasteiger partial charge is 0.393 e. The zero-order valence-corrected chi connectivity index (χ0v) is 61.4. The molecule has 0 radical (unpaired) electrons. The molecule has 6 fully saturated rings. The molecule has 0 saturated carbocycles. The topological polar surface area (TPSA) is 290 Å². The Morgan fingerprint density at radius 2 is 0.736 bits per heavy atom. The molecule has 3 aromatic carbocycles. The Hall–Kier alpha value is -11.5. The molecule has 9 aromatic heterocycles. The third-order valence-corrected chi connectivity index (χ3v) is 21.5. The van der Waals surface area contributed by atoms with Crippen LogP contribution >= 0.6 is 0 Å². The molecule has 0 bridgehead atoms. The summed E-state index contributed by atoms with van der Waals surface area (Å²) < 4.78 is 27.2. The summed E-state index contributed by atoms with van der Waals surface area (Å²) in [6.45, 7) is 12.5. The number of piperidine rings is 2. The normalized spacial score (nSPS) is 17.0. The van der Waals surface area contributed by atoms with Crippen LogP contribution in [0.3, 0.4) is 0 Å². The number of rotatable bonds is 18. The van der Waals surface area contributed by atoms with Gasteiger partial charge in [-0.05, 0) is 202 Å². The van der Waals surface area contributed by atoms with Crippen molar-refractivity contribution in [1.29, 1.82) is 0 Å². The molecule has 6 saturated heterocycles. The molecule has 3 amide bonds. The number of pyridine rings is 6. The van der Waals surface area contributed by atoms with Gasteiger partial charge < -0.3 is 35.8 Å². The van der Waals surface area contributed by atoms with Crippen LogP contribution in [-0.2, 0) is 19.6 Å². The maximum Gasteiger partial charge on any atom is 0.276 e. The van der Waals surface area contributed by atoms with E-state index in [-0.39, 0.29) is 42.5 Å². The number of fused-ring (bicyclic) bond motifs is 3. The monoisotopic (exact) mass is 1480 g/mol. The van der Waals surface area contributed by atoms with Crippen molar-refractivity contribution >= 4 is 84.9 Å². The van der Waals surface area contributed by atoms with Crippen LogP contribution < -0.4 is 30.7 Å². The summed E-state index contributed by atoms with van der Waals surface area (Å²) >= 11 is 0. The molecule has 25 nitrogen and oxygen atoms in total. The van der Waals surface area contributed by atoms with Crippen molar-refractivity contribution in [1.82, 2.24) is 75.2 Å². The molecular weight excluding hydrogens is 1390 g/mol. The van der Waals surface area contributed by atoms with Gasteiger partial charge in [-0.2, -0.15) is 15.3 Å². The smallest absolute Gasteiger partial charge is 0.276 e. The highest BCUT2D eigenvalue weighted by Crippen LogP contribution is 2.34. The number of aliphatic hydroxyl groups excluding tert-OH is 1.